The lowest BCUT2D eigenvalue weighted by Crippen LogP contribution is -2.24. The van der Waals surface area contributed by atoms with Gasteiger partial charge in [-0.2, -0.15) is 5.10 Å². The van der Waals surface area contributed by atoms with Crippen LogP contribution >= 0.6 is 39.1 Å². The van der Waals surface area contributed by atoms with E-state index in [1.165, 1.54) is 6.21 Å². The summed E-state index contributed by atoms with van der Waals surface area (Å²) in [4.78, 5) is 24.1. The summed E-state index contributed by atoms with van der Waals surface area (Å²) in [6.45, 7) is 2.55. The van der Waals surface area contributed by atoms with Crippen LogP contribution in [0, 0.1) is 0 Å². The molecule has 0 saturated carbocycles. The summed E-state index contributed by atoms with van der Waals surface area (Å²) < 4.78 is 12.3. The number of hydrogen-bond donors (Lipinski definition) is 2. The molecular formula is C25H22BrCl2N3O4. The minimum atomic E-state index is -0.574. The first-order valence-electron chi connectivity index (χ1n) is 10.6. The standard InChI is InChI=1S/C25H22BrCl2N3O4/c1-2-34-22-12-16(11-18(26)25(22)35-15-17-7-3-4-8-19(17)27)14-29-31-24(33)13-23(32)30-21-10-6-5-9-20(21)28/h3-12,14H,2,13,15H2,1H3,(H,30,32)(H,31,33). The zero-order valence-corrected chi connectivity index (χ0v) is 21.8. The second-order valence-corrected chi connectivity index (χ2v) is 8.81. The summed E-state index contributed by atoms with van der Waals surface area (Å²) in [6.07, 6.45) is 1.03. The van der Waals surface area contributed by atoms with E-state index in [-0.39, 0.29) is 6.61 Å². The van der Waals surface area contributed by atoms with E-state index in [2.05, 4.69) is 31.8 Å². The minimum absolute atomic E-state index is 0.262. The zero-order chi connectivity index (χ0) is 25.2. The molecule has 2 N–H and O–H groups in total. The second kappa shape index (κ2) is 13.1. The molecule has 3 aromatic rings. The summed E-state index contributed by atoms with van der Waals surface area (Å²) in [6, 6.07) is 17.7. The first kappa shape index (κ1) is 26.5. The van der Waals surface area contributed by atoms with Crippen LogP contribution in [0.4, 0.5) is 5.69 Å². The Hall–Kier alpha value is -3.07. The Balaban J connectivity index is 1.61. The van der Waals surface area contributed by atoms with Crippen LogP contribution in [0.5, 0.6) is 11.5 Å². The van der Waals surface area contributed by atoms with Crippen molar-refractivity contribution in [2.24, 2.45) is 5.10 Å². The van der Waals surface area contributed by atoms with Crippen molar-refractivity contribution in [2.45, 2.75) is 20.0 Å². The predicted octanol–water partition coefficient (Wildman–Crippen LogP) is 6.21. The molecule has 0 aliphatic heterocycles. The third-order valence-corrected chi connectivity index (χ3v) is 5.82. The summed E-state index contributed by atoms with van der Waals surface area (Å²) in [5.74, 6) is -0.0631. The SMILES string of the molecule is CCOc1cc(C=NNC(=O)CC(=O)Nc2ccccc2Cl)cc(Br)c1OCc1ccccc1Cl. The first-order chi connectivity index (χ1) is 16.9. The lowest BCUT2D eigenvalue weighted by atomic mass is 10.2. The zero-order valence-electron chi connectivity index (χ0n) is 18.7. The van der Waals surface area contributed by atoms with Crippen LogP contribution in [0.25, 0.3) is 0 Å². The summed E-state index contributed by atoms with van der Waals surface area (Å²) in [5, 5.41) is 7.51. The Kier molecular flexibility index (Phi) is 9.96. The van der Waals surface area contributed by atoms with Gasteiger partial charge in [0, 0.05) is 10.6 Å². The Bertz CT molecular complexity index is 1240. The molecule has 0 unspecified atom stereocenters. The van der Waals surface area contributed by atoms with Crippen LogP contribution in [0.1, 0.15) is 24.5 Å². The van der Waals surface area contributed by atoms with Gasteiger partial charge >= 0.3 is 0 Å². The number of rotatable bonds is 10. The number of carbonyl (C=O) groups excluding carboxylic acids is 2. The average molecular weight is 579 g/mol. The summed E-state index contributed by atoms with van der Waals surface area (Å²) in [5.41, 5.74) is 4.25. The number of nitrogens with one attached hydrogen (secondary N) is 2. The Morgan fingerprint density at radius 3 is 2.43 bits per heavy atom. The maximum atomic E-state index is 12.1. The minimum Gasteiger partial charge on any atom is -0.490 e. The van der Waals surface area contributed by atoms with E-state index in [0.29, 0.717) is 43.9 Å². The van der Waals surface area contributed by atoms with Gasteiger partial charge in [0.2, 0.25) is 11.8 Å². The smallest absolute Gasteiger partial charge is 0.249 e. The van der Waals surface area contributed by atoms with Gasteiger partial charge in [0.25, 0.3) is 0 Å². The van der Waals surface area contributed by atoms with E-state index in [1.807, 2.05) is 25.1 Å². The second-order valence-electron chi connectivity index (χ2n) is 7.14. The Morgan fingerprint density at radius 1 is 1.00 bits per heavy atom. The fourth-order valence-corrected chi connectivity index (χ4v) is 3.90. The molecule has 0 spiro atoms. The Labute approximate surface area is 221 Å². The molecule has 0 aromatic heterocycles. The lowest BCUT2D eigenvalue weighted by Gasteiger charge is -2.15. The van der Waals surface area contributed by atoms with Crippen molar-refractivity contribution in [3.8, 4) is 11.5 Å². The van der Waals surface area contributed by atoms with Gasteiger partial charge in [-0.1, -0.05) is 53.5 Å². The van der Waals surface area contributed by atoms with Crippen LogP contribution in [-0.4, -0.2) is 24.6 Å². The number of halogens is 3. The van der Waals surface area contributed by atoms with Gasteiger partial charge in [-0.05, 0) is 58.7 Å². The number of ether oxygens (including phenoxy) is 2. The number of benzene rings is 3. The lowest BCUT2D eigenvalue weighted by molar-refractivity contribution is -0.126. The molecule has 7 nitrogen and oxygen atoms in total. The van der Waals surface area contributed by atoms with E-state index in [0.717, 1.165) is 5.56 Å². The van der Waals surface area contributed by atoms with Crippen LogP contribution in [0.3, 0.4) is 0 Å². The quantitative estimate of drug-likeness (QED) is 0.170. The van der Waals surface area contributed by atoms with Crippen LogP contribution in [0.2, 0.25) is 10.0 Å². The van der Waals surface area contributed by atoms with E-state index in [4.69, 9.17) is 32.7 Å². The molecule has 3 aromatic carbocycles. The van der Waals surface area contributed by atoms with Gasteiger partial charge < -0.3 is 14.8 Å². The summed E-state index contributed by atoms with van der Waals surface area (Å²) in [7, 11) is 0. The molecule has 0 radical (unpaired) electrons. The van der Waals surface area contributed by atoms with Crippen molar-refractivity contribution < 1.29 is 19.1 Å². The highest BCUT2D eigenvalue weighted by Crippen LogP contribution is 2.37. The number of nitrogens with zero attached hydrogens (tertiary/aromatic N) is 1. The highest BCUT2D eigenvalue weighted by molar-refractivity contribution is 9.10. The fraction of sp³-hybridized carbons (Fsp3) is 0.160. The van der Waals surface area contributed by atoms with Crippen molar-refractivity contribution in [1.29, 1.82) is 0 Å². The molecule has 0 aliphatic carbocycles. The normalized spacial score (nSPS) is 10.7. The van der Waals surface area contributed by atoms with E-state index < -0.39 is 18.2 Å². The van der Waals surface area contributed by atoms with Gasteiger partial charge in [0.15, 0.2) is 11.5 Å². The van der Waals surface area contributed by atoms with Crippen molar-refractivity contribution >= 4 is 62.8 Å². The molecule has 2 amide bonds. The maximum absolute atomic E-state index is 12.1. The van der Waals surface area contributed by atoms with Gasteiger partial charge in [-0.15, -0.1) is 0 Å². The molecule has 3 rings (SSSR count). The largest absolute Gasteiger partial charge is 0.490 e. The third-order valence-electron chi connectivity index (χ3n) is 4.53. The maximum Gasteiger partial charge on any atom is 0.249 e. The number of anilines is 1. The van der Waals surface area contributed by atoms with Crippen molar-refractivity contribution in [1.82, 2.24) is 5.43 Å². The molecule has 0 bridgehead atoms. The van der Waals surface area contributed by atoms with Crippen LogP contribution < -0.4 is 20.2 Å². The molecule has 10 heteroatoms. The predicted molar refractivity (Wildman–Crippen MR) is 142 cm³/mol. The first-order valence-corrected chi connectivity index (χ1v) is 12.1. The third kappa shape index (κ3) is 7.99. The van der Waals surface area contributed by atoms with E-state index in [1.54, 1.807) is 42.5 Å². The molecule has 0 fully saturated rings. The van der Waals surface area contributed by atoms with Gasteiger partial charge in [-0.3, -0.25) is 9.59 Å². The number of amides is 2. The fourth-order valence-electron chi connectivity index (χ4n) is 2.95. The molecule has 0 saturated heterocycles. The summed E-state index contributed by atoms with van der Waals surface area (Å²) >= 11 is 15.7. The molecule has 35 heavy (non-hydrogen) atoms. The van der Waals surface area contributed by atoms with Crippen molar-refractivity contribution in [2.75, 3.05) is 11.9 Å². The number of hydrazone groups is 1. The topological polar surface area (TPSA) is 89.0 Å². The Morgan fingerprint density at radius 2 is 1.71 bits per heavy atom. The van der Waals surface area contributed by atoms with Crippen molar-refractivity contribution in [3.05, 3.63) is 86.3 Å². The highest BCUT2D eigenvalue weighted by Gasteiger charge is 2.14. The van der Waals surface area contributed by atoms with Crippen molar-refractivity contribution in [3.63, 3.8) is 0 Å². The van der Waals surface area contributed by atoms with E-state index in [9.17, 15) is 9.59 Å². The molecule has 0 atom stereocenters. The molecule has 0 aliphatic rings. The van der Waals surface area contributed by atoms with E-state index >= 15 is 0 Å². The molecule has 182 valence electrons. The average Bonchev–Trinajstić information content (AvgIpc) is 2.81. The number of para-hydroxylation sites is 1. The monoisotopic (exact) mass is 577 g/mol. The van der Waals surface area contributed by atoms with Gasteiger partial charge in [0.05, 0.1) is 28.0 Å². The highest BCUT2D eigenvalue weighted by atomic mass is 79.9. The van der Waals surface area contributed by atoms with Gasteiger partial charge in [0.1, 0.15) is 13.0 Å². The van der Waals surface area contributed by atoms with Gasteiger partial charge in [-0.25, -0.2) is 5.43 Å². The van der Waals surface area contributed by atoms with Crippen LogP contribution in [-0.2, 0) is 16.2 Å². The number of hydrogen-bond acceptors (Lipinski definition) is 5. The van der Waals surface area contributed by atoms with Crippen LogP contribution in [0.15, 0.2) is 70.2 Å². The molecular weight excluding hydrogens is 557 g/mol. The number of carbonyl (C=O) groups is 2. The molecule has 0 heterocycles.